The standard InChI is InChI=1S/C12H13ClN4O2/c1-7-5-11(18)17(12(15-7)19-2)6-9-8(13)3-4-10(14)16-9/h3-5H,6H2,1-2H3,(H2,14,16). The summed E-state index contributed by atoms with van der Waals surface area (Å²) < 4.78 is 6.45. The van der Waals surface area contributed by atoms with Gasteiger partial charge in [-0.2, -0.15) is 0 Å². The highest BCUT2D eigenvalue weighted by atomic mass is 35.5. The van der Waals surface area contributed by atoms with Crippen molar-refractivity contribution in [3.05, 3.63) is 45.0 Å². The average Bonchev–Trinajstić information content (AvgIpc) is 2.36. The van der Waals surface area contributed by atoms with Crippen LogP contribution in [0.4, 0.5) is 5.82 Å². The molecule has 0 bridgehead atoms. The monoisotopic (exact) mass is 280 g/mol. The minimum Gasteiger partial charge on any atom is -0.468 e. The molecule has 0 aliphatic carbocycles. The van der Waals surface area contributed by atoms with Crippen LogP contribution in [0.25, 0.3) is 0 Å². The molecule has 0 fully saturated rings. The van der Waals surface area contributed by atoms with E-state index in [9.17, 15) is 4.79 Å². The number of ether oxygens (including phenoxy) is 1. The van der Waals surface area contributed by atoms with E-state index < -0.39 is 0 Å². The van der Waals surface area contributed by atoms with Crippen LogP contribution in [-0.2, 0) is 6.54 Å². The van der Waals surface area contributed by atoms with Gasteiger partial charge in [-0.05, 0) is 19.1 Å². The predicted octanol–water partition coefficient (Wildman–Crippen LogP) is 1.24. The fraction of sp³-hybridized carbons (Fsp3) is 0.250. The third-order valence-electron chi connectivity index (χ3n) is 2.53. The Morgan fingerprint density at radius 1 is 1.42 bits per heavy atom. The topological polar surface area (TPSA) is 83.0 Å². The molecule has 7 heteroatoms. The van der Waals surface area contributed by atoms with Gasteiger partial charge < -0.3 is 10.5 Å². The Kier molecular flexibility index (Phi) is 3.71. The Hall–Kier alpha value is -2.08. The van der Waals surface area contributed by atoms with E-state index in [2.05, 4.69) is 9.97 Å². The molecule has 6 nitrogen and oxygen atoms in total. The Labute approximate surface area is 114 Å². The van der Waals surface area contributed by atoms with Gasteiger partial charge in [0, 0.05) is 11.8 Å². The first kappa shape index (κ1) is 13.4. The molecule has 0 radical (unpaired) electrons. The zero-order valence-electron chi connectivity index (χ0n) is 10.6. The summed E-state index contributed by atoms with van der Waals surface area (Å²) in [6, 6.07) is 4.87. The molecule has 0 aromatic carbocycles. The van der Waals surface area contributed by atoms with Crippen molar-refractivity contribution in [1.29, 1.82) is 0 Å². The van der Waals surface area contributed by atoms with Crippen LogP contribution in [0, 0.1) is 6.92 Å². The van der Waals surface area contributed by atoms with Gasteiger partial charge in [0.05, 0.1) is 24.4 Å². The fourth-order valence-corrected chi connectivity index (χ4v) is 1.82. The molecular formula is C12H13ClN4O2. The maximum atomic E-state index is 12.0. The van der Waals surface area contributed by atoms with Crippen LogP contribution in [0.5, 0.6) is 6.01 Å². The Morgan fingerprint density at radius 3 is 2.84 bits per heavy atom. The predicted molar refractivity (Wildman–Crippen MR) is 72.5 cm³/mol. The van der Waals surface area contributed by atoms with E-state index in [4.69, 9.17) is 22.1 Å². The molecule has 2 heterocycles. The summed E-state index contributed by atoms with van der Waals surface area (Å²) in [5.41, 5.74) is 6.46. The molecule has 0 atom stereocenters. The van der Waals surface area contributed by atoms with E-state index in [1.165, 1.54) is 17.7 Å². The number of hydrogen-bond acceptors (Lipinski definition) is 5. The first-order valence-electron chi connectivity index (χ1n) is 5.54. The zero-order chi connectivity index (χ0) is 14.0. The smallest absolute Gasteiger partial charge is 0.299 e. The number of pyridine rings is 1. The van der Waals surface area contributed by atoms with E-state index in [-0.39, 0.29) is 18.1 Å². The van der Waals surface area contributed by atoms with Crippen molar-refractivity contribution in [1.82, 2.24) is 14.5 Å². The summed E-state index contributed by atoms with van der Waals surface area (Å²) in [7, 11) is 1.45. The third kappa shape index (κ3) is 2.85. The highest BCUT2D eigenvalue weighted by Crippen LogP contribution is 2.17. The number of nitrogen functional groups attached to an aromatic ring is 1. The minimum atomic E-state index is -0.232. The lowest BCUT2D eigenvalue weighted by Gasteiger charge is -2.11. The van der Waals surface area contributed by atoms with Crippen LogP contribution >= 0.6 is 11.6 Å². The van der Waals surface area contributed by atoms with Gasteiger partial charge in [0.25, 0.3) is 11.6 Å². The molecule has 0 unspecified atom stereocenters. The molecule has 0 aliphatic rings. The molecule has 0 spiro atoms. The highest BCUT2D eigenvalue weighted by Gasteiger charge is 2.11. The number of anilines is 1. The van der Waals surface area contributed by atoms with Gasteiger partial charge in [-0.3, -0.25) is 9.36 Å². The lowest BCUT2D eigenvalue weighted by Crippen LogP contribution is -2.24. The summed E-state index contributed by atoms with van der Waals surface area (Å²) in [6.07, 6.45) is 0. The number of halogens is 1. The van der Waals surface area contributed by atoms with E-state index in [1.807, 2.05) is 0 Å². The van der Waals surface area contributed by atoms with Gasteiger partial charge in [-0.15, -0.1) is 0 Å². The van der Waals surface area contributed by atoms with Crippen molar-refractivity contribution >= 4 is 17.4 Å². The quantitative estimate of drug-likeness (QED) is 0.914. The number of nitrogens with two attached hydrogens (primary N) is 1. The highest BCUT2D eigenvalue weighted by molar-refractivity contribution is 6.31. The molecule has 2 rings (SSSR count). The van der Waals surface area contributed by atoms with Crippen molar-refractivity contribution in [2.45, 2.75) is 13.5 Å². The van der Waals surface area contributed by atoms with E-state index in [1.54, 1.807) is 19.1 Å². The van der Waals surface area contributed by atoms with Crippen LogP contribution < -0.4 is 16.0 Å². The molecule has 0 aliphatic heterocycles. The molecule has 0 saturated heterocycles. The maximum Gasteiger partial charge on any atom is 0.299 e. The van der Waals surface area contributed by atoms with Gasteiger partial charge in [-0.1, -0.05) is 11.6 Å². The Morgan fingerprint density at radius 2 is 2.16 bits per heavy atom. The Bertz CT molecular complexity index is 669. The van der Waals surface area contributed by atoms with Crippen molar-refractivity contribution in [3.63, 3.8) is 0 Å². The largest absolute Gasteiger partial charge is 0.468 e. The summed E-state index contributed by atoms with van der Waals surface area (Å²) in [5, 5.41) is 0.434. The van der Waals surface area contributed by atoms with E-state index in [0.717, 1.165) is 0 Å². The molecule has 0 amide bonds. The molecule has 2 N–H and O–H groups in total. The lowest BCUT2D eigenvalue weighted by atomic mass is 10.3. The van der Waals surface area contributed by atoms with Gasteiger partial charge in [0.1, 0.15) is 5.82 Å². The molecule has 0 saturated carbocycles. The zero-order valence-corrected chi connectivity index (χ0v) is 11.3. The second-order valence-corrected chi connectivity index (χ2v) is 4.38. The number of aromatic nitrogens is 3. The van der Waals surface area contributed by atoms with Gasteiger partial charge in [-0.25, -0.2) is 9.97 Å². The third-order valence-corrected chi connectivity index (χ3v) is 2.88. The van der Waals surface area contributed by atoms with E-state index >= 15 is 0 Å². The number of rotatable bonds is 3. The number of aryl methyl sites for hydroxylation is 1. The number of hydrogen-bond donors (Lipinski definition) is 1. The summed E-state index contributed by atoms with van der Waals surface area (Å²) in [4.78, 5) is 20.2. The van der Waals surface area contributed by atoms with Gasteiger partial charge >= 0.3 is 0 Å². The van der Waals surface area contributed by atoms with Crippen LogP contribution in [0.15, 0.2) is 23.0 Å². The van der Waals surface area contributed by atoms with Crippen molar-refractivity contribution in [2.75, 3.05) is 12.8 Å². The number of nitrogens with zero attached hydrogens (tertiary/aromatic N) is 3. The fourth-order valence-electron chi connectivity index (χ4n) is 1.66. The van der Waals surface area contributed by atoms with Crippen molar-refractivity contribution in [3.8, 4) is 6.01 Å². The van der Waals surface area contributed by atoms with Crippen molar-refractivity contribution in [2.24, 2.45) is 0 Å². The van der Waals surface area contributed by atoms with E-state index in [0.29, 0.717) is 22.2 Å². The van der Waals surface area contributed by atoms with Crippen LogP contribution in [0.3, 0.4) is 0 Å². The SMILES string of the molecule is COc1nc(C)cc(=O)n1Cc1nc(N)ccc1Cl. The van der Waals surface area contributed by atoms with Crippen molar-refractivity contribution < 1.29 is 4.74 Å². The van der Waals surface area contributed by atoms with Crippen LogP contribution in [-0.4, -0.2) is 21.6 Å². The molecule has 100 valence electrons. The molecular weight excluding hydrogens is 268 g/mol. The van der Waals surface area contributed by atoms with Gasteiger partial charge in [0.15, 0.2) is 0 Å². The second-order valence-electron chi connectivity index (χ2n) is 3.97. The minimum absolute atomic E-state index is 0.152. The lowest BCUT2D eigenvalue weighted by molar-refractivity contribution is 0.349. The average molecular weight is 281 g/mol. The summed E-state index contributed by atoms with van der Waals surface area (Å²) >= 11 is 6.03. The normalized spacial score (nSPS) is 10.5. The van der Waals surface area contributed by atoms with Crippen LogP contribution in [0.1, 0.15) is 11.4 Å². The van der Waals surface area contributed by atoms with Crippen LogP contribution in [0.2, 0.25) is 5.02 Å². The number of methoxy groups -OCH3 is 1. The molecule has 2 aromatic rings. The maximum absolute atomic E-state index is 12.0. The summed E-state index contributed by atoms with van der Waals surface area (Å²) in [6.45, 7) is 1.87. The second kappa shape index (κ2) is 5.27. The first-order chi connectivity index (χ1) is 9.01. The van der Waals surface area contributed by atoms with Gasteiger partial charge in [0.2, 0.25) is 0 Å². The first-order valence-corrected chi connectivity index (χ1v) is 5.92. The molecule has 2 aromatic heterocycles. The molecule has 19 heavy (non-hydrogen) atoms. The Balaban J connectivity index is 2.49. The summed E-state index contributed by atoms with van der Waals surface area (Å²) in [5.74, 6) is 0.339.